The molecule has 1 nitrogen and oxygen atoms in total. The first-order valence-corrected chi connectivity index (χ1v) is 9.04. The van der Waals surface area contributed by atoms with Crippen molar-refractivity contribution >= 4 is 11.8 Å². The van der Waals surface area contributed by atoms with Gasteiger partial charge in [-0.25, -0.2) is 0 Å². The van der Waals surface area contributed by atoms with Crippen molar-refractivity contribution < 1.29 is 0 Å². The van der Waals surface area contributed by atoms with Gasteiger partial charge in [-0.3, -0.25) is 0 Å². The van der Waals surface area contributed by atoms with Gasteiger partial charge in [0.15, 0.2) is 0 Å². The van der Waals surface area contributed by atoms with Gasteiger partial charge in [0.1, 0.15) is 0 Å². The van der Waals surface area contributed by atoms with Crippen LogP contribution >= 0.6 is 11.8 Å². The van der Waals surface area contributed by atoms with Crippen LogP contribution in [0.4, 0.5) is 0 Å². The Balaban J connectivity index is 1.67. The van der Waals surface area contributed by atoms with Crippen molar-refractivity contribution in [2.24, 2.45) is 23.7 Å². The van der Waals surface area contributed by atoms with Crippen LogP contribution in [-0.2, 0) is 0 Å². The third kappa shape index (κ3) is 3.90. The lowest BCUT2D eigenvalue weighted by molar-refractivity contribution is 0.137. The van der Waals surface area contributed by atoms with Gasteiger partial charge in [0, 0.05) is 5.25 Å². The summed E-state index contributed by atoms with van der Waals surface area (Å²) in [5.74, 6) is 5.35. The number of hydrogen-bond acceptors (Lipinski definition) is 2. The van der Waals surface area contributed by atoms with E-state index < -0.39 is 0 Å². The van der Waals surface area contributed by atoms with Crippen LogP contribution in [0.25, 0.3) is 0 Å². The molecule has 18 heavy (non-hydrogen) atoms. The molecule has 0 aliphatic heterocycles. The maximum atomic E-state index is 3.42. The Morgan fingerprint density at radius 1 is 1.22 bits per heavy atom. The molecule has 2 heteroatoms. The third-order valence-corrected chi connectivity index (χ3v) is 6.38. The third-order valence-electron chi connectivity index (χ3n) is 5.19. The molecule has 2 rings (SSSR count). The zero-order chi connectivity index (χ0) is 13.0. The summed E-state index contributed by atoms with van der Waals surface area (Å²) in [5.41, 5.74) is 0. The van der Waals surface area contributed by atoms with E-state index in [9.17, 15) is 0 Å². The van der Waals surface area contributed by atoms with Gasteiger partial charge < -0.3 is 5.32 Å². The highest BCUT2D eigenvalue weighted by molar-refractivity contribution is 7.99. The first kappa shape index (κ1) is 14.7. The van der Waals surface area contributed by atoms with Gasteiger partial charge in [0.25, 0.3) is 0 Å². The SMILES string of the molecule is CCSC1CC(CC(CNC)CC2CCC2C)C1. The van der Waals surface area contributed by atoms with Crippen LogP contribution in [0, 0.1) is 23.7 Å². The number of thioether (sulfide) groups is 1. The molecule has 2 fully saturated rings. The molecule has 3 atom stereocenters. The molecule has 1 N–H and O–H groups in total. The summed E-state index contributed by atoms with van der Waals surface area (Å²) in [6.45, 7) is 5.98. The second kappa shape index (κ2) is 7.19. The van der Waals surface area contributed by atoms with Gasteiger partial charge in [-0.15, -0.1) is 0 Å². The average molecular weight is 269 g/mol. The Morgan fingerprint density at radius 3 is 2.50 bits per heavy atom. The fraction of sp³-hybridized carbons (Fsp3) is 1.00. The highest BCUT2D eigenvalue weighted by atomic mass is 32.2. The minimum absolute atomic E-state index is 0.945. The summed E-state index contributed by atoms with van der Waals surface area (Å²) in [6, 6.07) is 0. The van der Waals surface area contributed by atoms with Crippen LogP contribution in [0.1, 0.15) is 52.4 Å². The Morgan fingerprint density at radius 2 is 2.00 bits per heavy atom. The van der Waals surface area contributed by atoms with E-state index in [1.165, 1.54) is 50.8 Å². The van der Waals surface area contributed by atoms with E-state index in [4.69, 9.17) is 0 Å². The van der Waals surface area contributed by atoms with E-state index in [2.05, 4.69) is 38.0 Å². The quantitative estimate of drug-likeness (QED) is 0.709. The van der Waals surface area contributed by atoms with E-state index >= 15 is 0 Å². The predicted octanol–water partition coefficient (Wildman–Crippen LogP) is 4.18. The molecule has 0 aromatic rings. The summed E-state index contributed by atoms with van der Waals surface area (Å²) >= 11 is 2.18. The maximum Gasteiger partial charge on any atom is 0.00522 e. The zero-order valence-corrected chi connectivity index (χ0v) is 13.3. The number of rotatable bonds is 8. The summed E-state index contributed by atoms with van der Waals surface area (Å²) < 4.78 is 0. The van der Waals surface area contributed by atoms with Crippen molar-refractivity contribution in [1.29, 1.82) is 0 Å². The van der Waals surface area contributed by atoms with E-state index in [0.717, 1.165) is 28.9 Å². The van der Waals surface area contributed by atoms with Crippen LogP contribution in [0.5, 0.6) is 0 Å². The molecular weight excluding hydrogens is 238 g/mol. The Labute approximate surface area is 118 Å². The van der Waals surface area contributed by atoms with Gasteiger partial charge in [-0.2, -0.15) is 11.8 Å². The monoisotopic (exact) mass is 269 g/mol. The molecule has 2 saturated carbocycles. The average Bonchev–Trinajstić information content (AvgIpc) is 2.31. The highest BCUT2D eigenvalue weighted by Gasteiger charge is 2.33. The largest absolute Gasteiger partial charge is 0.319 e. The lowest BCUT2D eigenvalue weighted by Crippen LogP contribution is -2.33. The van der Waals surface area contributed by atoms with Crippen LogP contribution < -0.4 is 5.32 Å². The molecule has 0 saturated heterocycles. The van der Waals surface area contributed by atoms with Crippen molar-refractivity contribution in [2.45, 2.75) is 57.6 Å². The lowest BCUT2D eigenvalue weighted by atomic mass is 9.68. The van der Waals surface area contributed by atoms with Crippen LogP contribution in [0.2, 0.25) is 0 Å². The molecule has 0 spiro atoms. The molecule has 0 aromatic carbocycles. The Bertz CT molecular complexity index is 237. The summed E-state index contributed by atoms with van der Waals surface area (Å²) in [7, 11) is 2.12. The molecule has 106 valence electrons. The molecule has 2 aliphatic rings. The fourth-order valence-corrected chi connectivity index (χ4v) is 5.06. The van der Waals surface area contributed by atoms with Gasteiger partial charge in [0.05, 0.1) is 0 Å². The molecular formula is C16H31NS. The van der Waals surface area contributed by atoms with Crippen molar-refractivity contribution in [3.8, 4) is 0 Å². The summed E-state index contributed by atoms with van der Waals surface area (Å²) in [4.78, 5) is 0. The minimum Gasteiger partial charge on any atom is -0.319 e. The van der Waals surface area contributed by atoms with Crippen molar-refractivity contribution in [3.63, 3.8) is 0 Å². The molecule has 0 amide bonds. The van der Waals surface area contributed by atoms with Crippen molar-refractivity contribution in [1.82, 2.24) is 5.32 Å². The topological polar surface area (TPSA) is 12.0 Å². The molecule has 0 bridgehead atoms. The summed E-state index contributed by atoms with van der Waals surface area (Å²) in [5, 5.41) is 4.42. The molecule has 2 aliphatic carbocycles. The smallest absolute Gasteiger partial charge is 0.00522 e. The first-order chi connectivity index (χ1) is 8.72. The van der Waals surface area contributed by atoms with Gasteiger partial charge in [0.2, 0.25) is 0 Å². The maximum absolute atomic E-state index is 3.42. The van der Waals surface area contributed by atoms with E-state index in [1.54, 1.807) is 0 Å². The molecule has 0 radical (unpaired) electrons. The fourth-order valence-electron chi connectivity index (χ4n) is 3.78. The Kier molecular flexibility index (Phi) is 5.88. The highest BCUT2D eigenvalue weighted by Crippen LogP contribution is 2.43. The first-order valence-electron chi connectivity index (χ1n) is 7.99. The lowest BCUT2D eigenvalue weighted by Gasteiger charge is -2.40. The molecule has 0 aromatic heterocycles. The molecule has 0 heterocycles. The minimum atomic E-state index is 0.945. The van der Waals surface area contributed by atoms with Crippen molar-refractivity contribution in [3.05, 3.63) is 0 Å². The van der Waals surface area contributed by atoms with Gasteiger partial charge >= 0.3 is 0 Å². The van der Waals surface area contributed by atoms with Gasteiger partial charge in [-0.05, 0) is 75.1 Å². The van der Waals surface area contributed by atoms with E-state index in [1.807, 2.05) is 0 Å². The number of hydrogen-bond donors (Lipinski definition) is 1. The van der Waals surface area contributed by atoms with E-state index in [-0.39, 0.29) is 0 Å². The van der Waals surface area contributed by atoms with E-state index in [0.29, 0.717) is 0 Å². The molecule has 3 unspecified atom stereocenters. The second-order valence-corrected chi connectivity index (χ2v) is 8.20. The summed E-state index contributed by atoms with van der Waals surface area (Å²) in [6.07, 6.45) is 8.96. The zero-order valence-electron chi connectivity index (χ0n) is 12.5. The number of nitrogens with one attached hydrogen (secondary N) is 1. The Hall–Kier alpha value is 0.310. The van der Waals surface area contributed by atoms with Crippen LogP contribution in [-0.4, -0.2) is 24.6 Å². The standard InChI is InChI=1S/C16H31NS/c1-4-18-16-9-13(10-16)7-14(11-17-3)8-15-6-5-12(15)2/h12-17H,4-11H2,1-3H3. The van der Waals surface area contributed by atoms with Crippen LogP contribution in [0.3, 0.4) is 0 Å². The van der Waals surface area contributed by atoms with Gasteiger partial charge in [-0.1, -0.05) is 20.3 Å². The second-order valence-electron chi connectivity index (χ2n) is 6.62. The van der Waals surface area contributed by atoms with Crippen molar-refractivity contribution in [2.75, 3.05) is 19.3 Å². The van der Waals surface area contributed by atoms with Crippen LogP contribution in [0.15, 0.2) is 0 Å². The normalized spacial score (nSPS) is 36.8. The predicted molar refractivity (Wildman–Crippen MR) is 83.2 cm³/mol.